The average Bonchev–Trinajstić information content (AvgIpc) is 3.47. The molecule has 1 aliphatic rings. The van der Waals surface area contributed by atoms with Gasteiger partial charge in [0.1, 0.15) is 12.1 Å². The molecule has 132 valence electrons. The Morgan fingerprint density at radius 2 is 2.08 bits per heavy atom. The number of aliphatic carboxylic acids is 1. The quantitative estimate of drug-likeness (QED) is 0.728. The topological polar surface area (TPSA) is 128 Å². The fraction of sp³-hybridized carbons (Fsp3) is 0.278. The van der Waals surface area contributed by atoms with Crippen molar-refractivity contribution in [3.05, 3.63) is 36.2 Å². The Hall–Kier alpha value is -3.47. The molecule has 3 rings (SSSR count). The van der Waals surface area contributed by atoms with Crippen LogP contribution in [0.4, 0.5) is 11.5 Å². The minimum atomic E-state index is -1.02. The highest BCUT2D eigenvalue weighted by Gasteiger charge is 2.29. The molecule has 1 amide bonds. The van der Waals surface area contributed by atoms with E-state index in [9.17, 15) is 14.9 Å². The van der Waals surface area contributed by atoms with Gasteiger partial charge in [-0.15, -0.1) is 0 Å². The summed E-state index contributed by atoms with van der Waals surface area (Å²) in [7, 11) is 0. The maximum Gasteiger partial charge on any atom is 0.325 e. The first-order chi connectivity index (χ1) is 12.5. The van der Waals surface area contributed by atoms with Crippen LogP contribution in [0, 0.1) is 17.2 Å². The van der Waals surface area contributed by atoms with Gasteiger partial charge in [-0.25, -0.2) is 4.98 Å². The zero-order chi connectivity index (χ0) is 18.7. The summed E-state index contributed by atoms with van der Waals surface area (Å²) in [5.74, 6) is -0.591. The molecule has 0 bridgehead atoms. The third kappa shape index (κ3) is 3.95. The van der Waals surface area contributed by atoms with Crippen LogP contribution in [0.3, 0.4) is 0 Å². The standard InChI is InChI=1S/C18H17N5O3/c1-10(18(25)26)22-14-6-12(4-5-13(14)7-19)15-8-21-16(9-20-15)23-17(24)11-2-3-11/h4-6,8-11,22H,2-3H2,1H3,(H,25,26)(H,21,23,24)/t10-/m0/s1. The second-order valence-electron chi connectivity index (χ2n) is 6.13. The number of carbonyl (C=O) groups excluding carboxylic acids is 1. The number of nitriles is 1. The lowest BCUT2D eigenvalue weighted by Crippen LogP contribution is -2.25. The summed E-state index contributed by atoms with van der Waals surface area (Å²) in [5.41, 5.74) is 1.97. The van der Waals surface area contributed by atoms with Crippen molar-refractivity contribution in [3.63, 3.8) is 0 Å². The molecule has 0 unspecified atom stereocenters. The summed E-state index contributed by atoms with van der Waals surface area (Å²) in [6.07, 6.45) is 4.81. The number of amides is 1. The number of nitrogens with zero attached hydrogens (tertiary/aromatic N) is 3. The van der Waals surface area contributed by atoms with Crippen molar-refractivity contribution >= 4 is 23.4 Å². The number of carboxylic acid groups (broad SMARTS) is 1. The Labute approximate surface area is 149 Å². The van der Waals surface area contributed by atoms with E-state index in [2.05, 4.69) is 20.6 Å². The number of hydrogen-bond donors (Lipinski definition) is 3. The van der Waals surface area contributed by atoms with Gasteiger partial charge in [0.05, 0.1) is 29.3 Å². The molecule has 3 N–H and O–H groups in total. The van der Waals surface area contributed by atoms with Crippen molar-refractivity contribution in [2.45, 2.75) is 25.8 Å². The Bertz CT molecular complexity index is 885. The van der Waals surface area contributed by atoms with E-state index in [0.717, 1.165) is 12.8 Å². The van der Waals surface area contributed by atoms with Crippen LogP contribution in [-0.2, 0) is 9.59 Å². The summed E-state index contributed by atoms with van der Waals surface area (Å²) in [4.78, 5) is 31.3. The molecule has 0 radical (unpaired) electrons. The van der Waals surface area contributed by atoms with Gasteiger partial charge in [-0.3, -0.25) is 14.6 Å². The molecule has 1 aliphatic carbocycles. The van der Waals surface area contributed by atoms with Crippen molar-refractivity contribution in [1.29, 1.82) is 5.26 Å². The highest BCUT2D eigenvalue weighted by Crippen LogP contribution is 2.30. The third-order valence-corrected chi connectivity index (χ3v) is 4.03. The van der Waals surface area contributed by atoms with E-state index in [4.69, 9.17) is 5.11 Å². The van der Waals surface area contributed by atoms with Gasteiger partial charge in [-0.1, -0.05) is 6.07 Å². The summed E-state index contributed by atoms with van der Waals surface area (Å²) in [5, 5.41) is 23.8. The van der Waals surface area contributed by atoms with Gasteiger partial charge >= 0.3 is 5.97 Å². The SMILES string of the molecule is C[C@H](Nc1cc(-c2cnc(NC(=O)C3CC3)cn2)ccc1C#N)C(=O)O. The van der Waals surface area contributed by atoms with Gasteiger partial charge in [-0.05, 0) is 31.9 Å². The molecule has 26 heavy (non-hydrogen) atoms. The van der Waals surface area contributed by atoms with Crippen molar-refractivity contribution in [1.82, 2.24) is 9.97 Å². The Balaban J connectivity index is 1.80. The lowest BCUT2D eigenvalue weighted by molar-refractivity contribution is -0.137. The van der Waals surface area contributed by atoms with Crippen LogP contribution in [-0.4, -0.2) is 33.0 Å². The average molecular weight is 351 g/mol. The highest BCUT2D eigenvalue weighted by atomic mass is 16.4. The van der Waals surface area contributed by atoms with Crippen molar-refractivity contribution in [3.8, 4) is 17.3 Å². The fourth-order valence-corrected chi connectivity index (χ4v) is 2.33. The van der Waals surface area contributed by atoms with Gasteiger partial charge in [0.25, 0.3) is 0 Å². The summed E-state index contributed by atoms with van der Waals surface area (Å²) in [6, 6.07) is 6.14. The van der Waals surface area contributed by atoms with Gasteiger partial charge < -0.3 is 15.7 Å². The molecule has 1 heterocycles. The molecule has 0 spiro atoms. The lowest BCUT2D eigenvalue weighted by atomic mass is 10.1. The molecule has 8 heteroatoms. The largest absolute Gasteiger partial charge is 0.480 e. The molecule has 8 nitrogen and oxygen atoms in total. The number of rotatable bonds is 6. The first kappa shape index (κ1) is 17.4. The Kier molecular flexibility index (Phi) is 4.80. The predicted octanol–water partition coefficient (Wildman–Crippen LogP) is 2.25. The van der Waals surface area contributed by atoms with Gasteiger partial charge in [-0.2, -0.15) is 5.26 Å². The number of carbonyl (C=O) groups is 2. The molecule has 1 aromatic carbocycles. The molecule has 1 aromatic heterocycles. The first-order valence-electron chi connectivity index (χ1n) is 8.14. The van der Waals surface area contributed by atoms with Gasteiger partial charge in [0.2, 0.25) is 5.91 Å². The van der Waals surface area contributed by atoms with Crippen molar-refractivity contribution < 1.29 is 14.7 Å². The first-order valence-corrected chi connectivity index (χ1v) is 8.14. The molecular formula is C18H17N5O3. The summed E-state index contributed by atoms with van der Waals surface area (Å²) in [6.45, 7) is 1.49. The monoisotopic (exact) mass is 351 g/mol. The third-order valence-electron chi connectivity index (χ3n) is 4.03. The minimum Gasteiger partial charge on any atom is -0.480 e. The molecule has 1 fully saturated rings. The van der Waals surface area contributed by atoms with Crippen LogP contribution in [0.1, 0.15) is 25.3 Å². The zero-order valence-corrected chi connectivity index (χ0v) is 14.1. The zero-order valence-electron chi connectivity index (χ0n) is 14.1. The molecule has 1 atom stereocenters. The van der Waals surface area contributed by atoms with Gasteiger partial charge in [0, 0.05) is 11.5 Å². The maximum absolute atomic E-state index is 11.7. The molecule has 2 aromatic rings. The predicted molar refractivity (Wildman–Crippen MR) is 94.3 cm³/mol. The number of carboxylic acids is 1. The normalized spacial score (nSPS) is 14.2. The Morgan fingerprint density at radius 1 is 1.31 bits per heavy atom. The smallest absolute Gasteiger partial charge is 0.325 e. The minimum absolute atomic E-state index is 0.0421. The van der Waals surface area contributed by atoms with Crippen molar-refractivity contribution in [2.24, 2.45) is 5.92 Å². The molecular weight excluding hydrogens is 334 g/mol. The molecule has 0 aliphatic heterocycles. The number of nitrogens with one attached hydrogen (secondary N) is 2. The van der Waals surface area contributed by atoms with Crippen LogP contribution in [0.5, 0.6) is 0 Å². The maximum atomic E-state index is 11.7. The van der Waals surface area contributed by atoms with E-state index in [0.29, 0.717) is 28.3 Å². The van der Waals surface area contributed by atoms with E-state index in [1.807, 2.05) is 6.07 Å². The summed E-state index contributed by atoms with van der Waals surface area (Å²) < 4.78 is 0. The van der Waals surface area contributed by atoms with E-state index >= 15 is 0 Å². The molecule has 1 saturated carbocycles. The number of hydrogen-bond acceptors (Lipinski definition) is 6. The number of benzene rings is 1. The van der Waals surface area contributed by atoms with E-state index < -0.39 is 12.0 Å². The van der Waals surface area contributed by atoms with Gasteiger partial charge in [0.15, 0.2) is 5.82 Å². The van der Waals surface area contributed by atoms with Crippen LogP contribution < -0.4 is 10.6 Å². The molecule has 0 saturated heterocycles. The number of anilines is 2. The van der Waals surface area contributed by atoms with E-state index in [-0.39, 0.29) is 11.8 Å². The second-order valence-corrected chi connectivity index (χ2v) is 6.13. The van der Waals surface area contributed by atoms with Crippen LogP contribution in [0.2, 0.25) is 0 Å². The fourth-order valence-electron chi connectivity index (χ4n) is 2.33. The Morgan fingerprint density at radius 3 is 2.65 bits per heavy atom. The van der Waals surface area contributed by atoms with E-state index in [1.54, 1.807) is 18.2 Å². The summed E-state index contributed by atoms with van der Waals surface area (Å²) >= 11 is 0. The second kappa shape index (κ2) is 7.19. The van der Waals surface area contributed by atoms with Crippen LogP contribution in [0.15, 0.2) is 30.6 Å². The highest BCUT2D eigenvalue weighted by molar-refractivity contribution is 5.93. The number of aromatic nitrogens is 2. The van der Waals surface area contributed by atoms with E-state index in [1.165, 1.54) is 19.3 Å². The van der Waals surface area contributed by atoms with Crippen LogP contribution >= 0.6 is 0 Å². The van der Waals surface area contributed by atoms with Crippen molar-refractivity contribution in [2.75, 3.05) is 10.6 Å². The van der Waals surface area contributed by atoms with Crippen LogP contribution in [0.25, 0.3) is 11.3 Å². The lowest BCUT2D eigenvalue weighted by Gasteiger charge is -2.13.